The van der Waals surface area contributed by atoms with Crippen LogP contribution in [0.15, 0.2) is 48.5 Å². The molecule has 0 saturated heterocycles. The van der Waals surface area contributed by atoms with Crippen molar-refractivity contribution in [2.24, 2.45) is 5.92 Å². The molecule has 0 bridgehead atoms. The molecule has 0 saturated carbocycles. The number of hydrogen-bond acceptors (Lipinski definition) is 2. The minimum atomic E-state index is -1.14. The second kappa shape index (κ2) is 6.98. The van der Waals surface area contributed by atoms with Gasteiger partial charge >= 0.3 is 0 Å². The van der Waals surface area contributed by atoms with E-state index in [1.54, 1.807) is 0 Å². The molecule has 2 aromatic carbocycles. The third-order valence-electron chi connectivity index (χ3n) is 7.06. The van der Waals surface area contributed by atoms with Crippen LogP contribution in [0.3, 0.4) is 0 Å². The molecule has 31 heavy (non-hydrogen) atoms. The summed E-state index contributed by atoms with van der Waals surface area (Å²) >= 11 is 0. The van der Waals surface area contributed by atoms with E-state index in [-0.39, 0.29) is 23.8 Å². The van der Waals surface area contributed by atoms with Crippen LogP contribution in [0.2, 0.25) is 0 Å². The summed E-state index contributed by atoms with van der Waals surface area (Å²) in [6.45, 7) is 8.58. The van der Waals surface area contributed by atoms with Crippen molar-refractivity contribution in [3.63, 3.8) is 0 Å². The van der Waals surface area contributed by atoms with Crippen molar-refractivity contribution in [1.82, 2.24) is 9.88 Å². The Morgan fingerprint density at radius 1 is 1.10 bits per heavy atom. The number of para-hydroxylation sites is 2. The zero-order valence-electron chi connectivity index (χ0n) is 18.6. The van der Waals surface area contributed by atoms with Gasteiger partial charge in [-0.2, -0.15) is 0 Å². The largest absolute Gasteiger partial charge is 0.355 e. The standard InChI is InChI=1S/C26H29N3O2/c1-5-17(4)24(30)28-15-14-19-18-10-6-8-12-21(18)27-23(19)26(28)20-11-7-9-13-22(20)29(16(2)3)25(26)31/h6-13,16-17,27H,5,14-15H2,1-4H3/t17-,26+/m1/s1. The van der Waals surface area contributed by atoms with Gasteiger partial charge < -0.3 is 14.8 Å². The van der Waals surface area contributed by atoms with Crippen LogP contribution in [-0.4, -0.2) is 34.3 Å². The first-order valence-electron chi connectivity index (χ1n) is 11.3. The van der Waals surface area contributed by atoms with Crippen molar-refractivity contribution >= 4 is 28.4 Å². The SMILES string of the molecule is CC[C@@H](C)C(=O)N1CCc2c([nH]c3ccccc23)[C@@]12C(=O)N(C(C)C)c1ccccc12. The summed E-state index contributed by atoms with van der Waals surface area (Å²) in [6, 6.07) is 16.1. The van der Waals surface area contributed by atoms with E-state index in [0.29, 0.717) is 6.54 Å². The lowest BCUT2D eigenvalue weighted by Gasteiger charge is -2.44. The van der Waals surface area contributed by atoms with Crippen molar-refractivity contribution in [2.75, 3.05) is 11.4 Å². The molecule has 1 aromatic heterocycles. The molecule has 5 rings (SSSR count). The van der Waals surface area contributed by atoms with Gasteiger partial charge in [0, 0.05) is 35.0 Å². The van der Waals surface area contributed by atoms with Crippen molar-refractivity contribution in [3.8, 4) is 0 Å². The maximum atomic E-state index is 14.4. The Hall–Kier alpha value is -3.08. The van der Waals surface area contributed by atoms with Crippen LogP contribution in [0, 0.1) is 5.92 Å². The second-order valence-corrected chi connectivity index (χ2v) is 9.07. The molecule has 5 nitrogen and oxygen atoms in total. The first kappa shape index (κ1) is 19.9. The lowest BCUT2D eigenvalue weighted by atomic mass is 9.79. The van der Waals surface area contributed by atoms with Gasteiger partial charge in [0.15, 0.2) is 5.54 Å². The number of benzene rings is 2. The Labute approximate surface area is 183 Å². The number of nitrogens with one attached hydrogen (secondary N) is 1. The number of hydrogen-bond donors (Lipinski definition) is 1. The fraction of sp³-hybridized carbons (Fsp3) is 0.385. The fourth-order valence-electron chi connectivity index (χ4n) is 5.41. The monoisotopic (exact) mass is 415 g/mol. The lowest BCUT2D eigenvalue weighted by Crippen LogP contribution is -2.60. The Bertz CT molecular complexity index is 1190. The molecule has 3 aromatic rings. The average molecular weight is 416 g/mol. The first-order chi connectivity index (χ1) is 14.9. The van der Waals surface area contributed by atoms with Crippen LogP contribution < -0.4 is 4.90 Å². The summed E-state index contributed by atoms with van der Waals surface area (Å²) in [5.74, 6) is -0.135. The van der Waals surface area contributed by atoms with E-state index < -0.39 is 5.54 Å². The van der Waals surface area contributed by atoms with Gasteiger partial charge in [0.1, 0.15) is 0 Å². The highest BCUT2D eigenvalue weighted by Crippen LogP contribution is 2.52. The zero-order valence-corrected chi connectivity index (χ0v) is 18.6. The molecule has 1 spiro atoms. The van der Waals surface area contributed by atoms with E-state index in [4.69, 9.17) is 0 Å². The smallest absolute Gasteiger partial charge is 0.264 e. The van der Waals surface area contributed by atoms with Gasteiger partial charge in [0.2, 0.25) is 5.91 Å². The summed E-state index contributed by atoms with van der Waals surface area (Å²) < 4.78 is 0. The van der Waals surface area contributed by atoms with Crippen molar-refractivity contribution in [2.45, 2.75) is 52.1 Å². The van der Waals surface area contributed by atoms with Crippen LogP contribution in [0.5, 0.6) is 0 Å². The van der Waals surface area contributed by atoms with Gasteiger partial charge in [-0.15, -0.1) is 0 Å². The van der Waals surface area contributed by atoms with Crippen molar-refractivity contribution < 1.29 is 9.59 Å². The number of anilines is 1. The number of aromatic amines is 1. The molecule has 2 atom stereocenters. The normalized spacial score (nSPS) is 21.1. The van der Waals surface area contributed by atoms with Crippen LogP contribution in [0.4, 0.5) is 5.69 Å². The van der Waals surface area contributed by atoms with E-state index in [2.05, 4.69) is 11.1 Å². The number of carbonyl (C=O) groups is 2. The van der Waals surface area contributed by atoms with Crippen LogP contribution in [0.1, 0.15) is 50.9 Å². The summed E-state index contributed by atoms with van der Waals surface area (Å²) in [7, 11) is 0. The third-order valence-corrected chi connectivity index (χ3v) is 7.06. The van der Waals surface area contributed by atoms with E-state index in [9.17, 15) is 9.59 Å². The molecule has 160 valence electrons. The quantitative estimate of drug-likeness (QED) is 0.680. The van der Waals surface area contributed by atoms with Gasteiger partial charge in [0.25, 0.3) is 5.91 Å². The lowest BCUT2D eigenvalue weighted by molar-refractivity contribution is -0.148. The van der Waals surface area contributed by atoms with E-state index >= 15 is 0 Å². The predicted molar refractivity (Wildman–Crippen MR) is 123 cm³/mol. The number of nitrogens with zero attached hydrogens (tertiary/aromatic N) is 2. The summed E-state index contributed by atoms with van der Waals surface area (Å²) in [6.07, 6.45) is 1.48. The summed E-state index contributed by atoms with van der Waals surface area (Å²) in [5, 5.41) is 1.14. The Morgan fingerprint density at radius 3 is 2.55 bits per heavy atom. The highest BCUT2D eigenvalue weighted by atomic mass is 16.2. The van der Waals surface area contributed by atoms with Crippen LogP contribution >= 0.6 is 0 Å². The second-order valence-electron chi connectivity index (χ2n) is 9.07. The van der Waals surface area contributed by atoms with Gasteiger partial charge in [-0.05, 0) is 44.4 Å². The fourth-order valence-corrected chi connectivity index (χ4v) is 5.41. The minimum Gasteiger partial charge on any atom is -0.355 e. The Kier molecular flexibility index (Phi) is 4.47. The Balaban J connectivity index is 1.87. The van der Waals surface area contributed by atoms with Crippen molar-refractivity contribution in [3.05, 3.63) is 65.4 Å². The molecule has 1 N–H and O–H groups in total. The predicted octanol–water partition coefficient (Wildman–Crippen LogP) is 4.60. The van der Waals surface area contributed by atoms with Crippen molar-refractivity contribution in [1.29, 1.82) is 0 Å². The van der Waals surface area contributed by atoms with Crippen LogP contribution in [-0.2, 0) is 21.5 Å². The number of aromatic nitrogens is 1. The molecule has 0 unspecified atom stereocenters. The molecule has 0 radical (unpaired) electrons. The van der Waals surface area contributed by atoms with E-state index in [1.165, 1.54) is 0 Å². The molecule has 3 heterocycles. The highest BCUT2D eigenvalue weighted by Gasteiger charge is 2.61. The molecule has 0 fully saturated rings. The molecular formula is C26H29N3O2. The highest BCUT2D eigenvalue weighted by molar-refractivity contribution is 6.13. The molecule has 5 heteroatoms. The zero-order chi connectivity index (χ0) is 21.9. The summed E-state index contributed by atoms with van der Waals surface area (Å²) in [4.78, 5) is 35.4. The summed E-state index contributed by atoms with van der Waals surface area (Å²) in [5.41, 5.74) is 3.68. The van der Waals surface area contributed by atoms with Gasteiger partial charge in [-0.25, -0.2) is 0 Å². The van der Waals surface area contributed by atoms with Gasteiger partial charge in [-0.1, -0.05) is 50.2 Å². The van der Waals surface area contributed by atoms with E-state index in [1.807, 2.05) is 80.0 Å². The number of H-pyrrole nitrogens is 1. The first-order valence-corrected chi connectivity index (χ1v) is 11.3. The average Bonchev–Trinajstić information content (AvgIpc) is 3.28. The third kappa shape index (κ3) is 2.49. The topological polar surface area (TPSA) is 56.4 Å². The number of rotatable bonds is 3. The number of carbonyl (C=O) groups excluding carboxylic acids is 2. The molecule has 0 aliphatic carbocycles. The number of fused-ring (bicyclic) bond motifs is 6. The molecule has 2 amide bonds. The maximum Gasteiger partial charge on any atom is 0.264 e. The number of amides is 2. The van der Waals surface area contributed by atoms with Gasteiger partial charge in [0.05, 0.1) is 11.4 Å². The van der Waals surface area contributed by atoms with Crippen LogP contribution in [0.25, 0.3) is 10.9 Å². The molecule has 2 aliphatic rings. The maximum absolute atomic E-state index is 14.4. The molecule has 2 aliphatic heterocycles. The van der Waals surface area contributed by atoms with Gasteiger partial charge in [-0.3, -0.25) is 9.59 Å². The minimum absolute atomic E-state index is 0.0108. The van der Waals surface area contributed by atoms with E-state index in [0.717, 1.165) is 46.3 Å². The Morgan fingerprint density at radius 2 is 1.81 bits per heavy atom. The molecular weight excluding hydrogens is 386 g/mol.